The zero-order valence-corrected chi connectivity index (χ0v) is 14.3. The van der Waals surface area contributed by atoms with Crippen LogP contribution in [0.25, 0.3) is 16.9 Å². The van der Waals surface area contributed by atoms with Gasteiger partial charge in [0.15, 0.2) is 5.65 Å². The van der Waals surface area contributed by atoms with Gasteiger partial charge in [-0.15, -0.1) is 11.6 Å². The van der Waals surface area contributed by atoms with Crippen molar-refractivity contribution in [2.24, 2.45) is 7.05 Å². The normalized spacial score (nSPS) is 11.4. The second-order valence-electron chi connectivity index (χ2n) is 4.87. The summed E-state index contributed by atoms with van der Waals surface area (Å²) < 4.78 is 5.11. The van der Waals surface area contributed by atoms with Crippen LogP contribution in [-0.4, -0.2) is 25.2 Å². The molecule has 0 radical (unpaired) electrons. The number of nitrogens with zero attached hydrogens (tertiary/aromatic N) is 4. The van der Waals surface area contributed by atoms with E-state index in [0.717, 1.165) is 45.7 Å². The molecule has 0 atom stereocenters. The van der Waals surface area contributed by atoms with Gasteiger partial charge in [0.1, 0.15) is 11.3 Å². The lowest BCUT2D eigenvalue weighted by atomic mass is 10.3. The molecule has 1 aromatic carbocycles. The minimum absolute atomic E-state index is 0.550. The second kappa shape index (κ2) is 5.81. The molecule has 0 aliphatic carbocycles. The molecule has 0 N–H and O–H groups in total. The number of halogens is 2. The van der Waals surface area contributed by atoms with Crippen LogP contribution in [0.2, 0.25) is 0 Å². The Bertz CT molecular complexity index is 773. The molecular formula is C15H16BrClN4. The molecule has 0 unspecified atom stereocenters. The van der Waals surface area contributed by atoms with Crippen LogP contribution in [0, 0.1) is 0 Å². The van der Waals surface area contributed by atoms with Gasteiger partial charge >= 0.3 is 0 Å². The average molecular weight is 368 g/mol. The van der Waals surface area contributed by atoms with Gasteiger partial charge in [0.05, 0.1) is 5.69 Å². The number of hydrogen-bond donors (Lipinski definition) is 0. The predicted molar refractivity (Wildman–Crippen MR) is 89.3 cm³/mol. The SMILES string of the molecule is CCc1nn(C)c2c1nc(CCCl)n2-c1ccc(Br)cc1. The van der Waals surface area contributed by atoms with Crippen LogP contribution < -0.4 is 0 Å². The quantitative estimate of drug-likeness (QED) is 0.656. The topological polar surface area (TPSA) is 35.6 Å². The Kier molecular flexibility index (Phi) is 4.04. The highest BCUT2D eigenvalue weighted by Crippen LogP contribution is 2.25. The summed E-state index contributed by atoms with van der Waals surface area (Å²) >= 11 is 9.42. The molecule has 0 saturated carbocycles. The summed E-state index contributed by atoms with van der Waals surface area (Å²) in [5, 5.41) is 4.56. The van der Waals surface area contributed by atoms with Gasteiger partial charge in [-0.25, -0.2) is 9.67 Å². The second-order valence-corrected chi connectivity index (χ2v) is 6.17. The van der Waals surface area contributed by atoms with Crippen molar-refractivity contribution in [1.82, 2.24) is 19.3 Å². The Hall–Kier alpha value is -1.33. The smallest absolute Gasteiger partial charge is 0.163 e. The van der Waals surface area contributed by atoms with E-state index in [1.165, 1.54) is 0 Å². The van der Waals surface area contributed by atoms with Crippen molar-refractivity contribution in [2.45, 2.75) is 19.8 Å². The molecule has 21 heavy (non-hydrogen) atoms. The van der Waals surface area contributed by atoms with E-state index in [1.807, 2.05) is 23.9 Å². The summed E-state index contributed by atoms with van der Waals surface area (Å²) in [7, 11) is 1.96. The fourth-order valence-electron chi connectivity index (χ4n) is 2.58. The van der Waals surface area contributed by atoms with E-state index in [-0.39, 0.29) is 0 Å². The highest BCUT2D eigenvalue weighted by Gasteiger charge is 2.19. The van der Waals surface area contributed by atoms with Gasteiger partial charge in [0.25, 0.3) is 0 Å². The first-order chi connectivity index (χ1) is 10.2. The van der Waals surface area contributed by atoms with E-state index in [0.29, 0.717) is 5.88 Å². The van der Waals surface area contributed by atoms with E-state index >= 15 is 0 Å². The molecule has 0 aliphatic heterocycles. The van der Waals surface area contributed by atoms with Crippen molar-refractivity contribution >= 4 is 38.7 Å². The van der Waals surface area contributed by atoms with Crippen molar-refractivity contribution in [3.05, 3.63) is 40.3 Å². The Morgan fingerprint density at radius 3 is 2.57 bits per heavy atom. The molecular weight excluding hydrogens is 352 g/mol. The molecule has 3 aromatic rings. The number of alkyl halides is 1. The number of benzene rings is 1. The Balaban J connectivity index is 2.29. The lowest BCUT2D eigenvalue weighted by molar-refractivity contribution is 0.741. The van der Waals surface area contributed by atoms with E-state index < -0.39 is 0 Å². The first-order valence-electron chi connectivity index (χ1n) is 6.90. The summed E-state index contributed by atoms with van der Waals surface area (Å²) in [6.07, 6.45) is 1.60. The maximum atomic E-state index is 5.95. The highest BCUT2D eigenvalue weighted by molar-refractivity contribution is 9.10. The number of aromatic nitrogens is 4. The molecule has 0 spiro atoms. The Morgan fingerprint density at radius 1 is 1.24 bits per heavy atom. The third kappa shape index (κ3) is 2.49. The first kappa shape index (κ1) is 14.6. The predicted octanol–water partition coefficient (Wildman–Crippen LogP) is 3.87. The fraction of sp³-hybridized carbons (Fsp3) is 0.333. The zero-order valence-electron chi connectivity index (χ0n) is 12.0. The third-order valence-corrected chi connectivity index (χ3v) is 4.23. The summed E-state index contributed by atoms with van der Waals surface area (Å²) in [5.74, 6) is 1.53. The Labute approximate surface area is 136 Å². The maximum absolute atomic E-state index is 5.95. The molecule has 2 aromatic heterocycles. The van der Waals surface area contributed by atoms with Gasteiger partial charge in [-0.05, 0) is 30.7 Å². The van der Waals surface area contributed by atoms with Crippen LogP contribution in [0.5, 0.6) is 0 Å². The van der Waals surface area contributed by atoms with Gasteiger partial charge in [0.2, 0.25) is 0 Å². The minimum Gasteiger partial charge on any atom is -0.281 e. The molecule has 0 saturated heterocycles. The molecule has 0 aliphatic rings. The van der Waals surface area contributed by atoms with Crippen molar-refractivity contribution < 1.29 is 0 Å². The van der Waals surface area contributed by atoms with E-state index in [1.54, 1.807) is 0 Å². The lowest BCUT2D eigenvalue weighted by Crippen LogP contribution is -2.06. The number of hydrogen-bond acceptors (Lipinski definition) is 2. The molecule has 3 rings (SSSR count). The number of imidazole rings is 1. The summed E-state index contributed by atoms with van der Waals surface area (Å²) in [6, 6.07) is 8.20. The standard InChI is InChI=1S/C15H16BrClN4/c1-3-12-14-15(20(2)19-12)21(13(18-14)8-9-17)11-6-4-10(16)5-7-11/h4-7H,3,8-9H2,1-2H3. The van der Waals surface area contributed by atoms with Crippen molar-refractivity contribution in [3.63, 3.8) is 0 Å². The van der Waals surface area contributed by atoms with Gasteiger partial charge in [-0.3, -0.25) is 4.57 Å². The first-order valence-corrected chi connectivity index (χ1v) is 8.23. The van der Waals surface area contributed by atoms with Crippen LogP contribution in [0.15, 0.2) is 28.7 Å². The molecule has 0 amide bonds. The molecule has 0 fully saturated rings. The van der Waals surface area contributed by atoms with Crippen molar-refractivity contribution in [3.8, 4) is 5.69 Å². The van der Waals surface area contributed by atoms with Crippen LogP contribution in [0.4, 0.5) is 0 Å². The van der Waals surface area contributed by atoms with Crippen LogP contribution in [0.3, 0.4) is 0 Å². The van der Waals surface area contributed by atoms with E-state index in [2.05, 4.69) is 44.7 Å². The summed E-state index contributed by atoms with van der Waals surface area (Å²) in [4.78, 5) is 4.78. The highest BCUT2D eigenvalue weighted by atomic mass is 79.9. The monoisotopic (exact) mass is 366 g/mol. The number of fused-ring (bicyclic) bond motifs is 1. The van der Waals surface area contributed by atoms with Gasteiger partial charge in [0, 0.05) is 29.5 Å². The van der Waals surface area contributed by atoms with Gasteiger partial charge in [-0.2, -0.15) is 5.10 Å². The van der Waals surface area contributed by atoms with Gasteiger partial charge in [-0.1, -0.05) is 22.9 Å². The van der Waals surface area contributed by atoms with Crippen molar-refractivity contribution in [2.75, 3.05) is 5.88 Å². The van der Waals surface area contributed by atoms with Crippen LogP contribution in [0.1, 0.15) is 18.4 Å². The summed E-state index contributed by atoms with van der Waals surface area (Å²) in [6.45, 7) is 2.10. The summed E-state index contributed by atoms with van der Waals surface area (Å²) in [5.41, 5.74) is 4.10. The fourth-order valence-corrected chi connectivity index (χ4v) is 3.01. The molecule has 4 nitrogen and oxygen atoms in total. The molecule has 2 heterocycles. The van der Waals surface area contributed by atoms with E-state index in [9.17, 15) is 0 Å². The molecule has 6 heteroatoms. The zero-order chi connectivity index (χ0) is 15.0. The maximum Gasteiger partial charge on any atom is 0.163 e. The largest absolute Gasteiger partial charge is 0.281 e. The number of rotatable bonds is 4. The van der Waals surface area contributed by atoms with Crippen LogP contribution in [-0.2, 0) is 19.9 Å². The Morgan fingerprint density at radius 2 is 1.95 bits per heavy atom. The van der Waals surface area contributed by atoms with E-state index in [4.69, 9.17) is 16.6 Å². The van der Waals surface area contributed by atoms with Crippen molar-refractivity contribution in [1.29, 1.82) is 0 Å². The minimum atomic E-state index is 0.550. The van der Waals surface area contributed by atoms with Gasteiger partial charge < -0.3 is 0 Å². The average Bonchev–Trinajstić information content (AvgIpc) is 2.98. The molecule has 110 valence electrons. The number of aryl methyl sites for hydroxylation is 3. The molecule has 0 bridgehead atoms. The third-order valence-electron chi connectivity index (χ3n) is 3.51. The van der Waals surface area contributed by atoms with Crippen LogP contribution >= 0.6 is 27.5 Å². The lowest BCUT2D eigenvalue weighted by Gasteiger charge is -2.09.